The van der Waals surface area contributed by atoms with Crippen molar-refractivity contribution in [3.05, 3.63) is 36.0 Å². The Labute approximate surface area is 137 Å². The van der Waals surface area contributed by atoms with E-state index in [0.29, 0.717) is 12.5 Å². The first-order chi connectivity index (χ1) is 11.3. The van der Waals surface area contributed by atoms with Crippen molar-refractivity contribution in [1.82, 2.24) is 15.2 Å². The minimum absolute atomic E-state index is 0.297. The zero-order valence-corrected chi connectivity index (χ0v) is 13.6. The van der Waals surface area contributed by atoms with Crippen molar-refractivity contribution >= 4 is 5.95 Å². The Bertz CT molecular complexity index is 638. The van der Waals surface area contributed by atoms with E-state index in [1.54, 1.807) is 6.20 Å². The van der Waals surface area contributed by atoms with Crippen LogP contribution in [0.25, 0.3) is 11.3 Å². The van der Waals surface area contributed by atoms with Crippen LogP contribution in [0.2, 0.25) is 0 Å². The molecule has 1 saturated heterocycles. The van der Waals surface area contributed by atoms with Gasteiger partial charge in [-0.15, -0.1) is 5.10 Å². The van der Waals surface area contributed by atoms with Gasteiger partial charge in [0.2, 0.25) is 5.95 Å². The number of rotatable bonds is 5. The maximum atomic E-state index is 8.95. The number of benzene rings is 1. The van der Waals surface area contributed by atoms with Crippen LogP contribution in [0.4, 0.5) is 5.95 Å². The van der Waals surface area contributed by atoms with Crippen LogP contribution in [0.3, 0.4) is 0 Å². The Hall–Kier alpha value is -2.01. The molecule has 0 aliphatic carbocycles. The fourth-order valence-electron chi connectivity index (χ4n) is 3.22. The summed E-state index contributed by atoms with van der Waals surface area (Å²) in [6.07, 6.45) is 6.04. The molecule has 2 aromatic rings. The van der Waals surface area contributed by atoms with Crippen LogP contribution in [-0.4, -0.2) is 40.0 Å². The number of anilines is 1. The van der Waals surface area contributed by atoms with Crippen LogP contribution < -0.4 is 4.90 Å². The molecule has 1 aromatic heterocycles. The summed E-state index contributed by atoms with van der Waals surface area (Å²) in [6.45, 7) is 4.32. The second-order valence-corrected chi connectivity index (χ2v) is 6.25. The summed E-state index contributed by atoms with van der Waals surface area (Å²) in [6, 6.07) is 8.22. The van der Waals surface area contributed by atoms with E-state index in [4.69, 9.17) is 10.1 Å². The third-order valence-corrected chi connectivity index (χ3v) is 4.64. The molecule has 1 N–H and O–H groups in total. The predicted octanol–water partition coefficient (Wildman–Crippen LogP) is 2.84. The molecule has 2 heterocycles. The number of hydrogen-bond donors (Lipinski definition) is 1. The Balaban J connectivity index is 1.70. The van der Waals surface area contributed by atoms with Crippen LogP contribution in [0.1, 0.15) is 31.2 Å². The highest BCUT2D eigenvalue weighted by atomic mass is 16.2. The topological polar surface area (TPSA) is 62.1 Å². The third-order valence-electron chi connectivity index (χ3n) is 4.64. The average Bonchev–Trinajstić information content (AvgIpc) is 2.61. The quantitative estimate of drug-likeness (QED) is 0.920. The molecule has 0 radical (unpaired) electrons. The smallest absolute Gasteiger partial charge is 0.245 e. The Morgan fingerprint density at radius 3 is 2.74 bits per heavy atom. The summed E-state index contributed by atoms with van der Waals surface area (Å²) in [4.78, 5) is 6.95. The molecule has 5 heteroatoms. The lowest BCUT2D eigenvalue weighted by molar-refractivity contribution is 0.261. The number of nitrogens with zero attached hydrogens (tertiary/aromatic N) is 4. The van der Waals surface area contributed by atoms with Crippen LogP contribution in [0.5, 0.6) is 0 Å². The van der Waals surface area contributed by atoms with Crippen LogP contribution >= 0.6 is 0 Å². The van der Waals surface area contributed by atoms with Gasteiger partial charge < -0.3 is 10.0 Å². The summed E-state index contributed by atoms with van der Waals surface area (Å²) in [5, 5.41) is 17.3. The zero-order chi connectivity index (χ0) is 16.1. The average molecular weight is 312 g/mol. The van der Waals surface area contributed by atoms with Crippen molar-refractivity contribution in [2.75, 3.05) is 24.6 Å². The van der Waals surface area contributed by atoms with Crippen molar-refractivity contribution in [2.24, 2.45) is 5.92 Å². The molecule has 0 bridgehead atoms. The number of aliphatic hydroxyl groups is 1. The summed E-state index contributed by atoms with van der Waals surface area (Å²) in [5.41, 5.74) is 3.19. The summed E-state index contributed by atoms with van der Waals surface area (Å²) in [5.74, 6) is 1.44. The fraction of sp³-hybridized carbons (Fsp3) is 0.500. The molecule has 3 rings (SSSR count). The minimum Gasteiger partial charge on any atom is -0.396 e. The van der Waals surface area contributed by atoms with Crippen molar-refractivity contribution in [3.8, 4) is 11.3 Å². The molecule has 0 saturated carbocycles. The first-order valence-corrected chi connectivity index (χ1v) is 8.39. The molecule has 0 unspecified atom stereocenters. The van der Waals surface area contributed by atoms with Gasteiger partial charge in [-0.05, 0) is 44.1 Å². The lowest BCUT2D eigenvalue weighted by Crippen LogP contribution is -2.35. The second kappa shape index (κ2) is 7.51. The van der Waals surface area contributed by atoms with Gasteiger partial charge in [0.25, 0.3) is 0 Å². The van der Waals surface area contributed by atoms with Crippen LogP contribution in [0.15, 0.2) is 30.5 Å². The van der Waals surface area contributed by atoms with Gasteiger partial charge in [-0.25, -0.2) is 4.98 Å². The van der Waals surface area contributed by atoms with E-state index < -0.39 is 0 Å². The first kappa shape index (κ1) is 15.9. The van der Waals surface area contributed by atoms with Crippen molar-refractivity contribution < 1.29 is 5.11 Å². The molecule has 122 valence electrons. The largest absolute Gasteiger partial charge is 0.396 e. The van der Waals surface area contributed by atoms with E-state index >= 15 is 0 Å². The number of piperidine rings is 1. The zero-order valence-electron chi connectivity index (χ0n) is 13.6. The maximum absolute atomic E-state index is 8.95. The standard InChI is InChI=1S/C18H24N4O/c1-14-5-2-3-7-16(14)17-13-19-21-18(20-17)22-10-8-15(9-11-22)6-4-12-23/h2-3,5,7,13,15,23H,4,6,8-12H2,1H3. The molecule has 5 nitrogen and oxygen atoms in total. The van der Waals surface area contributed by atoms with E-state index in [1.807, 2.05) is 12.1 Å². The van der Waals surface area contributed by atoms with Gasteiger partial charge in [0.1, 0.15) is 0 Å². The lowest BCUT2D eigenvalue weighted by atomic mass is 9.92. The second-order valence-electron chi connectivity index (χ2n) is 6.25. The van der Waals surface area contributed by atoms with Crippen LogP contribution in [-0.2, 0) is 0 Å². The molecule has 1 aliphatic rings. The van der Waals surface area contributed by atoms with Crippen molar-refractivity contribution in [1.29, 1.82) is 0 Å². The van der Waals surface area contributed by atoms with E-state index in [2.05, 4.69) is 34.2 Å². The highest BCUT2D eigenvalue weighted by molar-refractivity contribution is 5.63. The summed E-state index contributed by atoms with van der Waals surface area (Å²) in [7, 11) is 0. The van der Waals surface area contributed by atoms with Crippen molar-refractivity contribution in [3.63, 3.8) is 0 Å². The molecule has 1 aromatic carbocycles. The van der Waals surface area contributed by atoms with Gasteiger partial charge in [-0.2, -0.15) is 5.10 Å². The minimum atomic E-state index is 0.297. The normalized spacial score (nSPS) is 15.8. The van der Waals surface area contributed by atoms with Gasteiger partial charge in [-0.3, -0.25) is 0 Å². The molecule has 0 amide bonds. The SMILES string of the molecule is Cc1ccccc1-c1cnnc(N2CCC(CCCO)CC2)n1. The monoisotopic (exact) mass is 312 g/mol. The van der Waals surface area contributed by atoms with Gasteiger partial charge in [-0.1, -0.05) is 24.3 Å². The maximum Gasteiger partial charge on any atom is 0.245 e. The Morgan fingerprint density at radius 1 is 1.22 bits per heavy atom. The van der Waals surface area contributed by atoms with E-state index in [9.17, 15) is 0 Å². The molecule has 0 spiro atoms. The van der Waals surface area contributed by atoms with Crippen molar-refractivity contribution in [2.45, 2.75) is 32.6 Å². The summed E-state index contributed by atoms with van der Waals surface area (Å²) >= 11 is 0. The highest BCUT2D eigenvalue weighted by Crippen LogP contribution is 2.26. The Kier molecular flexibility index (Phi) is 5.18. The van der Waals surface area contributed by atoms with Gasteiger partial charge in [0, 0.05) is 25.3 Å². The van der Waals surface area contributed by atoms with E-state index in [1.165, 1.54) is 5.56 Å². The number of aliphatic hydroxyl groups excluding tert-OH is 1. The van der Waals surface area contributed by atoms with Gasteiger partial charge >= 0.3 is 0 Å². The number of hydrogen-bond acceptors (Lipinski definition) is 5. The van der Waals surface area contributed by atoms with Crippen LogP contribution in [0, 0.1) is 12.8 Å². The molecular formula is C18H24N4O. The number of aromatic nitrogens is 3. The third kappa shape index (κ3) is 3.85. The lowest BCUT2D eigenvalue weighted by Gasteiger charge is -2.31. The predicted molar refractivity (Wildman–Crippen MR) is 91.3 cm³/mol. The molecule has 1 fully saturated rings. The molecule has 23 heavy (non-hydrogen) atoms. The molecular weight excluding hydrogens is 288 g/mol. The summed E-state index contributed by atoms with van der Waals surface area (Å²) < 4.78 is 0. The van der Waals surface area contributed by atoms with Gasteiger partial charge in [0.15, 0.2) is 0 Å². The fourth-order valence-corrected chi connectivity index (χ4v) is 3.22. The van der Waals surface area contributed by atoms with Gasteiger partial charge in [0.05, 0.1) is 11.9 Å². The number of aryl methyl sites for hydroxylation is 1. The molecule has 0 atom stereocenters. The van der Waals surface area contributed by atoms with E-state index in [-0.39, 0.29) is 0 Å². The highest BCUT2D eigenvalue weighted by Gasteiger charge is 2.21. The molecule has 1 aliphatic heterocycles. The first-order valence-electron chi connectivity index (χ1n) is 8.39. The Morgan fingerprint density at radius 2 is 2.00 bits per heavy atom. The van der Waals surface area contributed by atoms with E-state index in [0.717, 1.165) is 56.0 Å².